The van der Waals surface area contributed by atoms with E-state index in [-0.39, 0.29) is 17.8 Å². The Hall–Kier alpha value is -2.40. The molecule has 1 atom stereocenters. The Balaban J connectivity index is 1.50. The molecular weight excluding hydrogens is 333 g/mol. The molecule has 0 radical (unpaired) electrons. The van der Waals surface area contributed by atoms with Crippen LogP contribution < -0.4 is 4.74 Å². The first-order chi connectivity index (χ1) is 12.6. The van der Waals surface area contributed by atoms with E-state index in [1.165, 1.54) is 12.1 Å². The van der Waals surface area contributed by atoms with Crippen LogP contribution >= 0.6 is 0 Å². The number of carbonyl (C=O) groups is 1. The molecule has 1 aliphatic heterocycles. The van der Waals surface area contributed by atoms with E-state index in [1.807, 2.05) is 35.2 Å². The van der Waals surface area contributed by atoms with E-state index in [1.54, 1.807) is 13.2 Å². The number of carbonyl (C=O) groups excluding carboxylic acids is 1. The van der Waals surface area contributed by atoms with Crippen LogP contribution in [0.5, 0.6) is 5.75 Å². The van der Waals surface area contributed by atoms with Gasteiger partial charge in [0.25, 0.3) is 0 Å². The van der Waals surface area contributed by atoms with E-state index >= 15 is 0 Å². The number of nitrogens with zero attached hydrogens (tertiary/aromatic N) is 1. The Morgan fingerprint density at radius 3 is 2.77 bits per heavy atom. The minimum atomic E-state index is -0.245. The summed E-state index contributed by atoms with van der Waals surface area (Å²) in [7, 11) is 1.64. The van der Waals surface area contributed by atoms with Gasteiger partial charge in [-0.05, 0) is 41.8 Å². The number of rotatable bonds is 6. The number of benzene rings is 2. The summed E-state index contributed by atoms with van der Waals surface area (Å²) in [6.45, 7) is 1.69. The van der Waals surface area contributed by atoms with Crippen molar-refractivity contribution in [3.63, 3.8) is 0 Å². The van der Waals surface area contributed by atoms with E-state index < -0.39 is 0 Å². The van der Waals surface area contributed by atoms with Crippen molar-refractivity contribution in [1.29, 1.82) is 0 Å². The van der Waals surface area contributed by atoms with Crippen molar-refractivity contribution in [2.75, 3.05) is 26.8 Å². The van der Waals surface area contributed by atoms with Gasteiger partial charge in [-0.25, -0.2) is 4.39 Å². The van der Waals surface area contributed by atoms with Crippen LogP contribution in [0.2, 0.25) is 0 Å². The monoisotopic (exact) mass is 357 g/mol. The SMILES string of the molecule is COc1ccc(CCC(=O)N2CCOC(Cc3cccc(F)c3)C2)cc1. The van der Waals surface area contributed by atoms with Crippen LogP contribution in [-0.2, 0) is 22.4 Å². The first-order valence-corrected chi connectivity index (χ1v) is 8.91. The molecule has 0 aromatic heterocycles. The first kappa shape index (κ1) is 18.4. The van der Waals surface area contributed by atoms with Crippen molar-refractivity contribution >= 4 is 5.91 Å². The Labute approximate surface area is 153 Å². The molecule has 1 unspecified atom stereocenters. The van der Waals surface area contributed by atoms with Gasteiger partial charge in [0.15, 0.2) is 0 Å². The third kappa shape index (κ3) is 5.05. The molecule has 0 bridgehead atoms. The van der Waals surface area contributed by atoms with Crippen LogP contribution in [0, 0.1) is 5.82 Å². The van der Waals surface area contributed by atoms with Crippen LogP contribution in [0.3, 0.4) is 0 Å². The van der Waals surface area contributed by atoms with Gasteiger partial charge < -0.3 is 14.4 Å². The van der Waals surface area contributed by atoms with Crippen LogP contribution in [0.4, 0.5) is 4.39 Å². The number of hydrogen-bond donors (Lipinski definition) is 0. The van der Waals surface area contributed by atoms with Crippen LogP contribution in [0.25, 0.3) is 0 Å². The highest BCUT2D eigenvalue weighted by molar-refractivity contribution is 5.76. The summed E-state index contributed by atoms with van der Waals surface area (Å²) >= 11 is 0. The summed E-state index contributed by atoms with van der Waals surface area (Å²) in [6, 6.07) is 14.3. The summed E-state index contributed by atoms with van der Waals surface area (Å²) < 4.78 is 24.2. The third-order valence-corrected chi connectivity index (χ3v) is 4.63. The van der Waals surface area contributed by atoms with Gasteiger partial charge in [0.1, 0.15) is 11.6 Å². The lowest BCUT2D eigenvalue weighted by atomic mass is 10.1. The van der Waals surface area contributed by atoms with Crippen LogP contribution in [0.15, 0.2) is 48.5 Å². The molecule has 3 rings (SSSR count). The fraction of sp³-hybridized carbons (Fsp3) is 0.381. The van der Waals surface area contributed by atoms with Crippen molar-refractivity contribution < 1.29 is 18.7 Å². The maximum atomic E-state index is 13.3. The molecule has 0 saturated carbocycles. The summed E-state index contributed by atoms with van der Waals surface area (Å²) in [5, 5.41) is 0. The van der Waals surface area contributed by atoms with E-state index in [0.29, 0.717) is 39.0 Å². The summed E-state index contributed by atoms with van der Waals surface area (Å²) in [5.74, 6) is 0.701. The lowest BCUT2D eigenvalue weighted by molar-refractivity contribution is -0.138. The Bertz CT molecular complexity index is 732. The van der Waals surface area contributed by atoms with Gasteiger partial charge in [-0.2, -0.15) is 0 Å². The van der Waals surface area contributed by atoms with Gasteiger partial charge in [-0.1, -0.05) is 24.3 Å². The first-order valence-electron chi connectivity index (χ1n) is 8.91. The number of methoxy groups -OCH3 is 1. The van der Waals surface area contributed by atoms with Crippen molar-refractivity contribution in [3.8, 4) is 5.75 Å². The van der Waals surface area contributed by atoms with Crippen LogP contribution in [0.1, 0.15) is 17.5 Å². The lowest BCUT2D eigenvalue weighted by Gasteiger charge is -2.33. The Kier molecular flexibility index (Phi) is 6.23. The second kappa shape index (κ2) is 8.81. The summed E-state index contributed by atoms with van der Waals surface area (Å²) in [5.41, 5.74) is 2.01. The van der Waals surface area contributed by atoms with Crippen molar-refractivity contribution in [3.05, 3.63) is 65.5 Å². The molecule has 26 heavy (non-hydrogen) atoms. The summed E-state index contributed by atoms with van der Waals surface area (Å²) in [4.78, 5) is 14.4. The maximum Gasteiger partial charge on any atom is 0.223 e. The summed E-state index contributed by atoms with van der Waals surface area (Å²) in [6.07, 6.45) is 1.70. The number of morpholine rings is 1. The van der Waals surface area contributed by atoms with Crippen molar-refractivity contribution in [2.45, 2.75) is 25.4 Å². The zero-order chi connectivity index (χ0) is 18.4. The van der Waals surface area contributed by atoms with Gasteiger partial charge in [0.2, 0.25) is 5.91 Å². The third-order valence-electron chi connectivity index (χ3n) is 4.63. The van der Waals surface area contributed by atoms with Crippen LogP contribution in [-0.4, -0.2) is 43.7 Å². The minimum absolute atomic E-state index is 0.0875. The fourth-order valence-electron chi connectivity index (χ4n) is 3.20. The zero-order valence-corrected chi connectivity index (χ0v) is 15.0. The number of amides is 1. The van der Waals surface area contributed by atoms with Gasteiger partial charge >= 0.3 is 0 Å². The van der Waals surface area contributed by atoms with E-state index in [4.69, 9.17) is 9.47 Å². The molecule has 1 aliphatic rings. The normalized spacial score (nSPS) is 17.2. The highest BCUT2D eigenvalue weighted by Gasteiger charge is 2.24. The minimum Gasteiger partial charge on any atom is -0.497 e. The van der Waals surface area contributed by atoms with E-state index in [0.717, 1.165) is 16.9 Å². The molecule has 1 heterocycles. The predicted molar refractivity (Wildman–Crippen MR) is 97.7 cm³/mol. The van der Waals surface area contributed by atoms with Crippen molar-refractivity contribution in [2.24, 2.45) is 0 Å². The Morgan fingerprint density at radius 2 is 2.04 bits per heavy atom. The van der Waals surface area contributed by atoms with Gasteiger partial charge in [0.05, 0.1) is 19.8 Å². The highest BCUT2D eigenvalue weighted by atomic mass is 19.1. The van der Waals surface area contributed by atoms with E-state index in [2.05, 4.69) is 0 Å². The lowest BCUT2D eigenvalue weighted by Crippen LogP contribution is -2.46. The molecule has 1 amide bonds. The smallest absolute Gasteiger partial charge is 0.223 e. The number of ether oxygens (including phenoxy) is 2. The van der Waals surface area contributed by atoms with E-state index in [9.17, 15) is 9.18 Å². The molecule has 0 N–H and O–H groups in total. The quantitative estimate of drug-likeness (QED) is 0.797. The molecule has 4 nitrogen and oxygen atoms in total. The van der Waals surface area contributed by atoms with Gasteiger partial charge in [-0.15, -0.1) is 0 Å². The molecule has 2 aromatic carbocycles. The molecule has 2 aromatic rings. The van der Waals surface area contributed by atoms with Gasteiger partial charge in [-0.3, -0.25) is 4.79 Å². The van der Waals surface area contributed by atoms with Crippen molar-refractivity contribution in [1.82, 2.24) is 4.90 Å². The topological polar surface area (TPSA) is 38.8 Å². The standard InChI is InChI=1S/C21H24FNO3/c1-25-19-8-5-16(6-9-19)7-10-21(24)23-11-12-26-20(15-23)14-17-3-2-4-18(22)13-17/h2-6,8-9,13,20H,7,10-12,14-15H2,1H3. The highest BCUT2D eigenvalue weighted by Crippen LogP contribution is 2.16. The fourth-order valence-corrected chi connectivity index (χ4v) is 3.20. The van der Waals surface area contributed by atoms with Gasteiger partial charge in [0, 0.05) is 25.9 Å². The molecule has 0 spiro atoms. The number of aryl methyl sites for hydroxylation is 1. The molecular formula is C21H24FNO3. The molecule has 138 valence electrons. The Morgan fingerprint density at radius 1 is 1.23 bits per heavy atom. The molecule has 1 saturated heterocycles. The second-order valence-electron chi connectivity index (χ2n) is 6.51. The largest absolute Gasteiger partial charge is 0.497 e. The average Bonchev–Trinajstić information content (AvgIpc) is 2.67. The average molecular weight is 357 g/mol. The zero-order valence-electron chi connectivity index (χ0n) is 15.0. The molecule has 5 heteroatoms. The number of halogens is 1. The second-order valence-corrected chi connectivity index (χ2v) is 6.51. The number of hydrogen-bond acceptors (Lipinski definition) is 3. The molecule has 1 fully saturated rings. The predicted octanol–water partition coefficient (Wildman–Crippen LogP) is 3.24. The molecule has 0 aliphatic carbocycles. The maximum absolute atomic E-state index is 13.3.